The van der Waals surface area contributed by atoms with Crippen LogP contribution in [0.2, 0.25) is 0 Å². The molecule has 0 radical (unpaired) electrons. The first-order valence-electron chi connectivity index (χ1n) is 6.10. The minimum atomic E-state index is -0.0725. The Labute approximate surface area is 121 Å². The van der Waals surface area contributed by atoms with Gasteiger partial charge < -0.3 is 5.32 Å². The molecule has 2 heterocycles. The van der Waals surface area contributed by atoms with Crippen molar-refractivity contribution in [2.75, 3.05) is 12.4 Å². The molecule has 2 aromatic heterocycles. The second-order valence-electron chi connectivity index (χ2n) is 5.27. The van der Waals surface area contributed by atoms with Gasteiger partial charge in [0.05, 0.1) is 10.2 Å². The third-order valence-corrected chi connectivity index (χ3v) is 3.44. The van der Waals surface area contributed by atoms with Crippen LogP contribution in [0.15, 0.2) is 28.9 Å². The number of anilines is 1. The lowest BCUT2D eigenvalue weighted by Crippen LogP contribution is -2.17. The molecule has 2 aromatic rings. The molecule has 100 valence electrons. The quantitative estimate of drug-likeness (QED) is 0.917. The number of aromatic nitrogens is 3. The van der Waals surface area contributed by atoms with E-state index >= 15 is 0 Å². The van der Waals surface area contributed by atoms with Crippen molar-refractivity contribution in [2.45, 2.75) is 26.2 Å². The molecule has 2 rings (SSSR count). The van der Waals surface area contributed by atoms with E-state index in [2.05, 4.69) is 57.0 Å². The van der Waals surface area contributed by atoms with Gasteiger partial charge in [0, 0.05) is 18.7 Å². The monoisotopic (exact) mass is 320 g/mol. The van der Waals surface area contributed by atoms with Crippen molar-refractivity contribution in [1.82, 2.24) is 15.0 Å². The van der Waals surface area contributed by atoms with Crippen molar-refractivity contribution < 1.29 is 0 Å². The average molecular weight is 321 g/mol. The van der Waals surface area contributed by atoms with Gasteiger partial charge in [-0.1, -0.05) is 26.8 Å². The predicted octanol–water partition coefficient (Wildman–Crippen LogP) is 3.64. The number of halogens is 1. The molecule has 0 bridgehead atoms. The van der Waals surface area contributed by atoms with Crippen molar-refractivity contribution in [3.63, 3.8) is 0 Å². The Morgan fingerprint density at radius 1 is 1.16 bits per heavy atom. The molecule has 0 saturated carbocycles. The molecular weight excluding hydrogens is 304 g/mol. The van der Waals surface area contributed by atoms with Crippen LogP contribution in [0.3, 0.4) is 0 Å². The number of hydrogen-bond donors (Lipinski definition) is 1. The fraction of sp³-hybridized carbons (Fsp3) is 0.357. The second-order valence-corrected chi connectivity index (χ2v) is 6.07. The first-order chi connectivity index (χ1) is 8.93. The van der Waals surface area contributed by atoms with E-state index in [4.69, 9.17) is 0 Å². The Hall–Kier alpha value is -1.49. The van der Waals surface area contributed by atoms with Crippen LogP contribution in [0.1, 0.15) is 26.5 Å². The van der Waals surface area contributed by atoms with Crippen LogP contribution >= 0.6 is 15.9 Å². The SMILES string of the molecule is CNc1nc(-c2ccccn2)nc(C(C)(C)C)c1Br. The highest BCUT2D eigenvalue weighted by Crippen LogP contribution is 2.33. The van der Waals surface area contributed by atoms with Crippen molar-refractivity contribution in [3.05, 3.63) is 34.6 Å². The van der Waals surface area contributed by atoms with Crippen LogP contribution < -0.4 is 5.32 Å². The highest BCUT2D eigenvalue weighted by molar-refractivity contribution is 9.10. The lowest BCUT2D eigenvalue weighted by Gasteiger charge is -2.21. The summed E-state index contributed by atoms with van der Waals surface area (Å²) < 4.78 is 0.905. The fourth-order valence-corrected chi connectivity index (χ4v) is 2.69. The van der Waals surface area contributed by atoms with Gasteiger partial charge in [-0.3, -0.25) is 4.98 Å². The highest BCUT2D eigenvalue weighted by atomic mass is 79.9. The van der Waals surface area contributed by atoms with Gasteiger partial charge in [-0.2, -0.15) is 0 Å². The molecule has 0 saturated heterocycles. The molecule has 0 unspecified atom stereocenters. The summed E-state index contributed by atoms with van der Waals surface area (Å²) in [6.07, 6.45) is 1.75. The molecule has 0 aliphatic heterocycles. The zero-order valence-corrected chi connectivity index (χ0v) is 13.1. The van der Waals surface area contributed by atoms with E-state index in [0.29, 0.717) is 5.82 Å². The molecule has 0 aliphatic carbocycles. The average Bonchev–Trinajstić information content (AvgIpc) is 2.38. The van der Waals surface area contributed by atoms with Gasteiger partial charge in [-0.05, 0) is 28.1 Å². The molecule has 0 spiro atoms. The summed E-state index contributed by atoms with van der Waals surface area (Å²) in [7, 11) is 1.85. The maximum absolute atomic E-state index is 4.66. The molecule has 0 fully saturated rings. The number of pyridine rings is 1. The standard InChI is InChI=1S/C14H17BrN4/c1-14(2,3)11-10(15)13(16-4)19-12(18-11)9-7-5-6-8-17-9/h5-8H,1-4H3,(H,16,18,19). The van der Waals surface area contributed by atoms with Crippen molar-refractivity contribution in [3.8, 4) is 11.5 Å². The number of rotatable bonds is 2. The largest absolute Gasteiger partial charge is 0.372 e. The summed E-state index contributed by atoms with van der Waals surface area (Å²) in [5, 5.41) is 3.09. The van der Waals surface area contributed by atoms with Crippen LogP contribution in [-0.2, 0) is 5.41 Å². The smallest absolute Gasteiger partial charge is 0.180 e. The van der Waals surface area contributed by atoms with Crippen LogP contribution in [0.5, 0.6) is 0 Å². The fourth-order valence-electron chi connectivity index (χ4n) is 1.72. The van der Waals surface area contributed by atoms with E-state index in [-0.39, 0.29) is 5.41 Å². The Balaban J connectivity index is 2.65. The Kier molecular flexibility index (Phi) is 3.85. The molecule has 0 amide bonds. The lowest BCUT2D eigenvalue weighted by molar-refractivity contribution is 0.564. The molecule has 1 N–H and O–H groups in total. The normalized spacial score (nSPS) is 11.4. The Morgan fingerprint density at radius 3 is 2.42 bits per heavy atom. The van der Waals surface area contributed by atoms with E-state index < -0.39 is 0 Å². The zero-order chi connectivity index (χ0) is 14.0. The van der Waals surface area contributed by atoms with Crippen LogP contribution in [0, 0.1) is 0 Å². The summed E-state index contributed by atoms with van der Waals surface area (Å²) in [5.41, 5.74) is 1.67. The van der Waals surface area contributed by atoms with E-state index in [1.165, 1.54) is 0 Å². The summed E-state index contributed by atoms with van der Waals surface area (Å²) in [6.45, 7) is 6.38. The Bertz CT molecular complexity index is 576. The van der Waals surface area contributed by atoms with Crippen molar-refractivity contribution in [2.24, 2.45) is 0 Å². The van der Waals surface area contributed by atoms with Gasteiger partial charge >= 0.3 is 0 Å². The molecule has 0 aromatic carbocycles. The third-order valence-electron chi connectivity index (χ3n) is 2.69. The summed E-state index contributed by atoms with van der Waals surface area (Å²) in [5.74, 6) is 1.42. The number of hydrogen-bond acceptors (Lipinski definition) is 4. The van der Waals surface area contributed by atoms with E-state index in [0.717, 1.165) is 21.7 Å². The van der Waals surface area contributed by atoms with Crippen LogP contribution in [0.25, 0.3) is 11.5 Å². The van der Waals surface area contributed by atoms with Gasteiger partial charge in [0.1, 0.15) is 11.5 Å². The zero-order valence-electron chi connectivity index (χ0n) is 11.5. The number of nitrogens with one attached hydrogen (secondary N) is 1. The molecule has 0 atom stereocenters. The van der Waals surface area contributed by atoms with Gasteiger partial charge in [-0.25, -0.2) is 9.97 Å². The van der Waals surface area contributed by atoms with E-state index in [9.17, 15) is 0 Å². The van der Waals surface area contributed by atoms with Gasteiger partial charge in [0.25, 0.3) is 0 Å². The highest BCUT2D eigenvalue weighted by Gasteiger charge is 2.23. The first-order valence-corrected chi connectivity index (χ1v) is 6.90. The number of nitrogens with zero attached hydrogens (tertiary/aromatic N) is 3. The Morgan fingerprint density at radius 2 is 1.89 bits per heavy atom. The molecule has 0 aliphatic rings. The topological polar surface area (TPSA) is 50.7 Å². The van der Waals surface area contributed by atoms with Crippen LogP contribution in [-0.4, -0.2) is 22.0 Å². The maximum atomic E-state index is 4.66. The maximum Gasteiger partial charge on any atom is 0.180 e. The van der Waals surface area contributed by atoms with E-state index in [1.54, 1.807) is 6.20 Å². The third kappa shape index (κ3) is 2.92. The molecular formula is C14H17BrN4. The summed E-state index contributed by atoms with van der Waals surface area (Å²) in [4.78, 5) is 13.5. The summed E-state index contributed by atoms with van der Waals surface area (Å²) in [6, 6.07) is 5.73. The minimum Gasteiger partial charge on any atom is -0.372 e. The van der Waals surface area contributed by atoms with Gasteiger partial charge in [-0.15, -0.1) is 0 Å². The van der Waals surface area contributed by atoms with Crippen LogP contribution in [0.4, 0.5) is 5.82 Å². The minimum absolute atomic E-state index is 0.0725. The predicted molar refractivity (Wildman–Crippen MR) is 81.2 cm³/mol. The second kappa shape index (κ2) is 5.25. The summed E-state index contributed by atoms with van der Waals surface area (Å²) >= 11 is 3.58. The van der Waals surface area contributed by atoms with Crippen molar-refractivity contribution in [1.29, 1.82) is 0 Å². The van der Waals surface area contributed by atoms with Gasteiger partial charge in [0.15, 0.2) is 5.82 Å². The van der Waals surface area contributed by atoms with Crippen molar-refractivity contribution >= 4 is 21.7 Å². The molecule has 4 nitrogen and oxygen atoms in total. The van der Waals surface area contributed by atoms with Gasteiger partial charge in [0.2, 0.25) is 0 Å². The molecule has 5 heteroatoms. The van der Waals surface area contributed by atoms with E-state index in [1.807, 2.05) is 25.2 Å². The first kappa shape index (κ1) is 13.9. The lowest BCUT2D eigenvalue weighted by atomic mass is 9.92. The molecule has 19 heavy (non-hydrogen) atoms.